The minimum absolute atomic E-state index is 0.0212. The van der Waals surface area contributed by atoms with Crippen molar-refractivity contribution in [3.8, 4) is 0 Å². The number of likely N-dealkylation sites (N-methyl/N-ethyl adjacent to an activating group) is 2. The van der Waals surface area contributed by atoms with E-state index in [2.05, 4.69) is 5.32 Å². The first-order valence-electron chi connectivity index (χ1n) is 5.51. The van der Waals surface area contributed by atoms with Crippen LogP contribution in [-0.2, 0) is 0 Å². The van der Waals surface area contributed by atoms with Crippen molar-refractivity contribution in [2.24, 2.45) is 0 Å². The van der Waals surface area contributed by atoms with Crippen LogP contribution in [0.1, 0.15) is 20.8 Å². The highest BCUT2D eigenvalue weighted by molar-refractivity contribution is 5.74. The third kappa shape index (κ3) is 4.37. The molecule has 0 aromatic rings. The van der Waals surface area contributed by atoms with Crippen molar-refractivity contribution in [1.82, 2.24) is 15.1 Å². The fraction of sp³-hybridized carbons (Fsp3) is 0.909. The Balaban J connectivity index is 4.39. The highest BCUT2D eigenvalue weighted by Gasteiger charge is 2.25. The van der Waals surface area contributed by atoms with Crippen LogP contribution in [0.4, 0.5) is 4.79 Å². The second kappa shape index (κ2) is 6.06. The summed E-state index contributed by atoms with van der Waals surface area (Å²) in [4.78, 5) is 15.3. The van der Waals surface area contributed by atoms with E-state index in [0.29, 0.717) is 6.54 Å². The van der Waals surface area contributed by atoms with Gasteiger partial charge in [-0.1, -0.05) is 0 Å². The van der Waals surface area contributed by atoms with Gasteiger partial charge in [-0.15, -0.1) is 0 Å². The van der Waals surface area contributed by atoms with Crippen molar-refractivity contribution in [2.75, 3.05) is 34.3 Å². The molecule has 0 aliphatic heterocycles. The Morgan fingerprint density at radius 3 is 2.19 bits per heavy atom. The van der Waals surface area contributed by atoms with Gasteiger partial charge in [0.1, 0.15) is 0 Å². The highest BCUT2D eigenvalue weighted by atomic mass is 16.3. The molecule has 0 aliphatic rings. The Hall–Kier alpha value is -0.810. The van der Waals surface area contributed by atoms with Crippen LogP contribution in [0, 0.1) is 0 Å². The summed E-state index contributed by atoms with van der Waals surface area (Å²) in [6, 6.07) is -0.122. The molecule has 0 saturated heterocycles. The average Bonchev–Trinajstić information content (AvgIpc) is 2.21. The smallest absolute Gasteiger partial charge is 0.319 e. The van der Waals surface area contributed by atoms with Crippen LogP contribution < -0.4 is 5.32 Å². The Morgan fingerprint density at radius 1 is 1.38 bits per heavy atom. The number of hydrogen-bond donors (Lipinski definition) is 2. The Labute approximate surface area is 98.4 Å². The van der Waals surface area contributed by atoms with Gasteiger partial charge in [0.15, 0.2) is 0 Å². The molecular formula is C11H25N3O2. The topological polar surface area (TPSA) is 55.8 Å². The Morgan fingerprint density at radius 2 is 1.88 bits per heavy atom. The van der Waals surface area contributed by atoms with Gasteiger partial charge in [0.25, 0.3) is 0 Å². The summed E-state index contributed by atoms with van der Waals surface area (Å²) in [5.41, 5.74) is -0.195. The molecule has 0 radical (unpaired) electrons. The quantitative estimate of drug-likeness (QED) is 0.734. The largest absolute Gasteiger partial charge is 0.395 e. The predicted octanol–water partition coefficient (Wildman–Crippen LogP) is 0.349. The number of nitrogens with one attached hydrogen (secondary N) is 1. The lowest BCUT2D eigenvalue weighted by Crippen LogP contribution is -2.51. The van der Waals surface area contributed by atoms with E-state index in [-0.39, 0.29) is 24.2 Å². The summed E-state index contributed by atoms with van der Waals surface area (Å²) >= 11 is 0. The number of nitrogens with zero attached hydrogens (tertiary/aromatic N) is 2. The van der Waals surface area contributed by atoms with Gasteiger partial charge in [0, 0.05) is 32.2 Å². The summed E-state index contributed by atoms with van der Waals surface area (Å²) in [6.07, 6.45) is 0. The van der Waals surface area contributed by atoms with Gasteiger partial charge in [-0.05, 0) is 27.8 Å². The van der Waals surface area contributed by atoms with Gasteiger partial charge in [0.05, 0.1) is 6.61 Å². The van der Waals surface area contributed by atoms with Crippen LogP contribution in [0.3, 0.4) is 0 Å². The van der Waals surface area contributed by atoms with Crippen molar-refractivity contribution in [3.05, 3.63) is 0 Å². The molecular weight excluding hydrogens is 206 g/mol. The summed E-state index contributed by atoms with van der Waals surface area (Å²) in [5, 5.41) is 12.0. The fourth-order valence-electron chi connectivity index (χ4n) is 1.19. The summed E-state index contributed by atoms with van der Waals surface area (Å²) < 4.78 is 0. The van der Waals surface area contributed by atoms with Crippen molar-refractivity contribution in [3.63, 3.8) is 0 Å². The van der Waals surface area contributed by atoms with E-state index >= 15 is 0 Å². The highest BCUT2D eigenvalue weighted by Crippen LogP contribution is 2.12. The zero-order chi connectivity index (χ0) is 12.9. The third-order valence-corrected chi connectivity index (χ3v) is 2.74. The van der Waals surface area contributed by atoms with Crippen LogP contribution in [0.2, 0.25) is 0 Å². The fourth-order valence-corrected chi connectivity index (χ4v) is 1.19. The maximum atomic E-state index is 12.0. The van der Waals surface area contributed by atoms with E-state index in [1.54, 1.807) is 30.9 Å². The van der Waals surface area contributed by atoms with Gasteiger partial charge in [-0.3, -0.25) is 0 Å². The molecule has 5 heteroatoms. The Kier molecular flexibility index (Phi) is 5.75. The molecule has 1 atom stereocenters. The lowest BCUT2D eigenvalue weighted by Gasteiger charge is -2.36. The molecule has 0 fully saturated rings. The molecule has 0 aromatic carbocycles. The molecule has 0 heterocycles. The summed E-state index contributed by atoms with van der Waals surface area (Å²) in [7, 11) is 5.30. The van der Waals surface area contributed by atoms with Crippen LogP contribution in [0.25, 0.3) is 0 Å². The maximum Gasteiger partial charge on any atom is 0.319 e. The normalized spacial score (nSPS) is 13.4. The van der Waals surface area contributed by atoms with Crippen LogP contribution in [0.15, 0.2) is 0 Å². The number of aliphatic hydroxyl groups excluding tert-OH is 1. The van der Waals surface area contributed by atoms with E-state index in [9.17, 15) is 4.79 Å². The second-order valence-corrected chi connectivity index (χ2v) is 5.06. The lowest BCUT2D eigenvalue weighted by atomic mass is 10.1. The lowest BCUT2D eigenvalue weighted by molar-refractivity contribution is 0.126. The molecule has 16 heavy (non-hydrogen) atoms. The van der Waals surface area contributed by atoms with Crippen molar-refractivity contribution < 1.29 is 9.90 Å². The van der Waals surface area contributed by atoms with Gasteiger partial charge in [-0.25, -0.2) is 4.79 Å². The molecule has 0 unspecified atom stereocenters. The number of urea groups is 1. The summed E-state index contributed by atoms with van der Waals surface area (Å²) in [6.45, 7) is 6.47. The Bertz CT molecular complexity index is 222. The number of amides is 2. The second-order valence-electron chi connectivity index (χ2n) is 5.06. The summed E-state index contributed by atoms with van der Waals surface area (Å²) in [5.74, 6) is 0. The van der Waals surface area contributed by atoms with Crippen molar-refractivity contribution >= 4 is 6.03 Å². The van der Waals surface area contributed by atoms with Crippen LogP contribution in [0.5, 0.6) is 0 Å². The standard InChI is InChI=1S/C11H25N3O2/c1-11(2,3)14(6)10(16)13(5)7-9(8-15)12-4/h9,12,15H,7-8H2,1-6H3/t9-/m0/s1. The van der Waals surface area contributed by atoms with E-state index in [0.717, 1.165) is 0 Å². The number of hydrogen-bond acceptors (Lipinski definition) is 3. The monoisotopic (exact) mass is 231 g/mol. The first-order chi connectivity index (χ1) is 7.23. The van der Waals surface area contributed by atoms with Gasteiger partial charge in [-0.2, -0.15) is 0 Å². The van der Waals surface area contributed by atoms with Crippen LogP contribution in [-0.4, -0.2) is 66.8 Å². The predicted molar refractivity (Wildman–Crippen MR) is 65.5 cm³/mol. The zero-order valence-corrected chi connectivity index (χ0v) is 11.2. The van der Waals surface area contributed by atoms with Gasteiger partial charge in [0.2, 0.25) is 0 Å². The number of carbonyl (C=O) groups excluding carboxylic acids is 1. The minimum Gasteiger partial charge on any atom is -0.395 e. The van der Waals surface area contributed by atoms with E-state index in [4.69, 9.17) is 5.11 Å². The molecule has 2 N–H and O–H groups in total. The molecule has 0 saturated carbocycles. The van der Waals surface area contributed by atoms with Gasteiger partial charge < -0.3 is 20.2 Å². The molecule has 0 spiro atoms. The van der Waals surface area contributed by atoms with E-state index < -0.39 is 0 Å². The van der Waals surface area contributed by atoms with E-state index in [1.807, 2.05) is 20.8 Å². The number of rotatable bonds is 4. The SMILES string of the molecule is CN[C@H](CO)CN(C)C(=O)N(C)C(C)(C)C. The molecule has 96 valence electrons. The molecule has 0 bridgehead atoms. The average molecular weight is 231 g/mol. The maximum absolute atomic E-state index is 12.0. The van der Waals surface area contributed by atoms with Crippen LogP contribution >= 0.6 is 0 Å². The first-order valence-corrected chi connectivity index (χ1v) is 5.51. The van der Waals surface area contributed by atoms with E-state index in [1.165, 1.54) is 0 Å². The molecule has 0 aromatic heterocycles. The molecule has 5 nitrogen and oxygen atoms in total. The minimum atomic E-state index is -0.195. The van der Waals surface area contributed by atoms with Gasteiger partial charge >= 0.3 is 6.03 Å². The van der Waals surface area contributed by atoms with Crippen molar-refractivity contribution in [2.45, 2.75) is 32.4 Å². The third-order valence-electron chi connectivity index (χ3n) is 2.74. The number of aliphatic hydroxyl groups is 1. The van der Waals surface area contributed by atoms with Crippen molar-refractivity contribution in [1.29, 1.82) is 0 Å². The molecule has 2 amide bonds. The molecule has 0 rings (SSSR count). The number of carbonyl (C=O) groups is 1. The molecule has 0 aliphatic carbocycles. The zero-order valence-electron chi connectivity index (χ0n) is 11.2. The first kappa shape index (κ1) is 15.2.